The Morgan fingerprint density at radius 2 is 1.87 bits per heavy atom. The zero-order valence-corrected chi connectivity index (χ0v) is 18.3. The first-order valence-corrected chi connectivity index (χ1v) is 11.2. The number of carbonyl (C=O) groups is 1. The van der Waals surface area contributed by atoms with E-state index in [0.29, 0.717) is 17.9 Å². The topological polar surface area (TPSA) is 91.3 Å². The largest absolute Gasteiger partial charge is 0.465 e. The Morgan fingerprint density at radius 3 is 2.43 bits per heavy atom. The van der Waals surface area contributed by atoms with E-state index in [2.05, 4.69) is 15.0 Å². The van der Waals surface area contributed by atoms with Gasteiger partial charge < -0.3 is 5.11 Å². The fraction of sp³-hybridized carbons (Fsp3) is 0.455. The summed E-state index contributed by atoms with van der Waals surface area (Å²) in [6.45, 7) is 5.66. The first kappa shape index (κ1) is 22.4. The predicted molar refractivity (Wildman–Crippen MR) is 116 cm³/mol. The van der Waals surface area contributed by atoms with Gasteiger partial charge in [0.25, 0.3) is 0 Å². The van der Waals surface area contributed by atoms with Crippen molar-refractivity contribution in [2.75, 3.05) is 5.32 Å². The first-order chi connectivity index (χ1) is 14.1. The summed E-state index contributed by atoms with van der Waals surface area (Å²) in [7, 11) is -1.43. The van der Waals surface area contributed by atoms with Crippen LogP contribution in [0.2, 0.25) is 0 Å². The molecule has 0 spiro atoms. The predicted octanol–water partition coefficient (Wildman–Crippen LogP) is 4.80. The van der Waals surface area contributed by atoms with E-state index in [1.807, 2.05) is 32.9 Å². The zero-order chi connectivity index (χ0) is 21.9. The molecule has 0 saturated heterocycles. The summed E-state index contributed by atoms with van der Waals surface area (Å²) in [5.41, 5.74) is 0.487. The van der Waals surface area contributed by atoms with E-state index < -0.39 is 33.2 Å². The Hall–Kier alpha value is -2.32. The Bertz CT molecular complexity index is 929. The van der Waals surface area contributed by atoms with Crippen LogP contribution in [0.1, 0.15) is 57.6 Å². The van der Waals surface area contributed by atoms with Crippen LogP contribution >= 0.6 is 0 Å². The number of hydrogen-bond donors (Lipinski definition) is 3. The van der Waals surface area contributed by atoms with E-state index in [9.17, 15) is 13.4 Å². The second-order valence-electron chi connectivity index (χ2n) is 8.73. The summed E-state index contributed by atoms with van der Waals surface area (Å²) in [6, 6.07) is 8.07. The lowest BCUT2D eigenvalue weighted by atomic mass is 9.79. The quantitative estimate of drug-likeness (QED) is 0.558. The molecule has 1 heterocycles. The van der Waals surface area contributed by atoms with Gasteiger partial charge in [0.15, 0.2) is 0 Å². The van der Waals surface area contributed by atoms with Crippen molar-refractivity contribution in [1.82, 2.24) is 9.71 Å². The normalized spacial score (nSPS) is 17.2. The van der Waals surface area contributed by atoms with Crippen molar-refractivity contribution in [1.29, 1.82) is 0 Å². The van der Waals surface area contributed by atoms with Gasteiger partial charge in [-0.2, -0.15) is 0 Å². The lowest BCUT2D eigenvalue weighted by molar-refractivity contribution is 0.209. The van der Waals surface area contributed by atoms with Gasteiger partial charge in [-0.15, -0.1) is 0 Å². The Balaban J connectivity index is 2.15. The summed E-state index contributed by atoms with van der Waals surface area (Å²) in [4.78, 5) is 15.2. The molecule has 0 aliphatic heterocycles. The maximum absolute atomic E-state index is 14.3. The smallest absolute Gasteiger partial charge is 0.409 e. The van der Waals surface area contributed by atoms with Crippen LogP contribution in [0.4, 0.5) is 14.9 Å². The minimum Gasteiger partial charge on any atom is -0.465 e. The molecule has 1 unspecified atom stereocenters. The lowest BCUT2D eigenvalue weighted by Gasteiger charge is -2.38. The van der Waals surface area contributed by atoms with Gasteiger partial charge >= 0.3 is 6.09 Å². The van der Waals surface area contributed by atoms with E-state index in [1.54, 1.807) is 18.5 Å². The molecule has 2 atom stereocenters. The Kier molecular flexibility index (Phi) is 6.57. The van der Waals surface area contributed by atoms with Gasteiger partial charge in [0, 0.05) is 12.4 Å². The highest BCUT2D eigenvalue weighted by Gasteiger charge is 2.40. The number of aromatic nitrogens is 1. The standard InChI is InChI=1S/C22H28FN3O3S/c1-21(2,3)30(29)26-22(11-8-15-4-5-15,16-9-12-24-13-10-16)17-6-7-18(23)19(14-17)25-20(27)28/h6-7,9-10,12-15,25-26H,4-5,8,11H2,1-3H3,(H,27,28)/t22?,30-/m1/s1. The summed E-state index contributed by atoms with van der Waals surface area (Å²) in [5, 5.41) is 11.2. The number of rotatable bonds is 8. The van der Waals surface area contributed by atoms with Crippen molar-refractivity contribution in [3.05, 3.63) is 59.7 Å². The highest BCUT2D eigenvalue weighted by atomic mass is 32.2. The van der Waals surface area contributed by atoms with Crippen LogP contribution in [0, 0.1) is 11.7 Å². The molecule has 2 aromatic rings. The molecule has 0 radical (unpaired) electrons. The number of amides is 1. The third kappa shape index (κ3) is 5.23. The fourth-order valence-corrected chi connectivity index (χ4v) is 4.36. The minimum absolute atomic E-state index is 0.131. The SMILES string of the molecule is CC(C)(C)[S@@](=O)NC(CCC1CC1)(c1ccncc1)c1ccc(F)c(NC(=O)O)c1. The third-order valence-electron chi connectivity index (χ3n) is 5.32. The zero-order valence-electron chi connectivity index (χ0n) is 17.4. The summed E-state index contributed by atoms with van der Waals surface area (Å²) < 4.78 is 30.3. The molecular weight excluding hydrogens is 405 g/mol. The van der Waals surface area contributed by atoms with Gasteiger partial charge in [-0.25, -0.2) is 18.1 Å². The van der Waals surface area contributed by atoms with Gasteiger partial charge in [-0.3, -0.25) is 10.3 Å². The van der Waals surface area contributed by atoms with Gasteiger partial charge in [0.05, 0.1) is 27.0 Å². The number of nitrogens with zero attached hydrogens (tertiary/aromatic N) is 1. The van der Waals surface area contributed by atoms with Gasteiger partial charge in [-0.1, -0.05) is 18.9 Å². The molecule has 162 valence electrons. The number of hydrogen-bond acceptors (Lipinski definition) is 3. The minimum atomic E-state index is -1.43. The van der Waals surface area contributed by atoms with Crippen molar-refractivity contribution < 1.29 is 18.5 Å². The van der Waals surface area contributed by atoms with Crippen molar-refractivity contribution in [3.8, 4) is 0 Å². The molecule has 1 aliphatic rings. The average molecular weight is 434 g/mol. The maximum atomic E-state index is 14.3. The van der Waals surface area contributed by atoms with Gasteiger partial charge in [0.1, 0.15) is 5.82 Å². The highest BCUT2D eigenvalue weighted by molar-refractivity contribution is 7.84. The van der Waals surface area contributed by atoms with Crippen LogP contribution in [-0.2, 0) is 16.5 Å². The molecule has 30 heavy (non-hydrogen) atoms. The van der Waals surface area contributed by atoms with E-state index in [4.69, 9.17) is 5.11 Å². The Labute approximate surface area is 178 Å². The maximum Gasteiger partial charge on any atom is 0.409 e. The van der Waals surface area contributed by atoms with Crippen LogP contribution < -0.4 is 10.0 Å². The monoisotopic (exact) mass is 433 g/mol. The Morgan fingerprint density at radius 1 is 1.20 bits per heavy atom. The van der Waals surface area contributed by atoms with E-state index in [0.717, 1.165) is 12.0 Å². The molecule has 1 saturated carbocycles. The second kappa shape index (κ2) is 8.81. The number of benzene rings is 1. The molecule has 6 nitrogen and oxygen atoms in total. The van der Waals surface area contributed by atoms with E-state index >= 15 is 0 Å². The van der Waals surface area contributed by atoms with Crippen LogP contribution in [0.25, 0.3) is 0 Å². The van der Waals surface area contributed by atoms with E-state index in [-0.39, 0.29) is 5.69 Å². The molecular formula is C22H28FN3O3S. The van der Waals surface area contributed by atoms with Crippen LogP contribution in [0.3, 0.4) is 0 Å². The second-order valence-corrected chi connectivity index (χ2v) is 10.7. The summed E-state index contributed by atoms with van der Waals surface area (Å²) >= 11 is 0. The number of pyridine rings is 1. The molecule has 1 aromatic carbocycles. The molecule has 1 amide bonds. The van der Waals surface area contributed by atoms with Crippen LogP contribution in [-0.4, -0.2) is 25.1 Å². The lowest BCUT2D eigenvalue weighted by Crippen LogP contribution is -2.49. The van der Waals surface area contributed by atoms with Crippen molar-refractivity contribution >= 4 is 22.8 Å². The number of carboxylic acid groups (broad SMARTS) is 1. The average Bonchev–Trinajstić information content (AvgIpc) is 3.51. The van der Waals surface area contributed by atoms with Gasteiger partial charge in [0.2, 0.25) is 0 Å². The molecule has 1 aromatic heterocycles. The molecule has 3 N–H and O–H groups in total. The van der Waals surface area contributed by atoms with Crippen molar-refractivity contribution in [2.45, 2.75) is 56.7 Å². The molecule has 3 rings (SSSR count). The van der Waals surface area contributed by atoms with E-state index in [1.165, 1.54) is 25.0 Å². The first-order valence-electron chi connectivity index (χ1n) is 10.0. The number of anilines is 1. The summed E-state index contributed by atoms with van der Waals surface area (Å²) in [5.74, 6) is -0.0444. The number of halogens is 1. The molecule has 0 bridgehead atoms. The third-order valence-corrected chi connectivity index (χ3v) is 6.97. The fourth-order valence-electron chi connectivity index (χ4n) is 3.40. The summed E-state index contributed by atoms with van der Waals surface area (Å²) in [6.07, 6.45) is 5.89. The molecule has 1 aliphatic carbocycles. The van der Waals surface area contributed by atoms with Crippen molar-refractivity contribution in [3.63, 3.8) is 0 Å². The highest BCUT2D eigenvalue weighted by Crippen LogP contribution is 2.42. The molecule has 8 heteroatoms. The number of nitrogens with one attached hydrogen (secondary N) is 2. The van der Waals surface area contributed by atoms with Crippen LogP contribution in [0.5, 0.6) is 0 Å². The van der Waals surface area contributed by atoms with Crippen molar-refractivity contribution in [2.24, 2.45) is 5.92 Å². The van der Waals surface area contributed by atoms with Crippen LogP contribution in [0.15, 0.2) is 42.7 Å². The molecule has 1 fully saturated rings. The van der Waals surface area contributed by atoms with Gasteiger partial charge in [-0.05, 0) is 74.9 Å².